The molecule has 0 atom stereocenters. The van der Waals surface area contributed by atoms with Crippen molar-refractivity contribution in [3.63, 3.8) is 0 Å². The molecule has 6 nitrogen and oxygen atoms in total. The average Bonchev–Trinajstić information content (AvgIpc) is 3.12. The maximum absolute atomic E-state index is 5.90. The molecule has 0 saturated carbocycles. The summed E-state index contributed by atoms with van der Waals surface area (Å²) in [5, 5.41) is 8.37. The molecule has 0 saturated heterocycles. The van der Waals surface area contributed by atoms with E-state index in [-0.39, 0.29) is 0 Å². The van der Waals surface area contributed by atoms with Gasteiger partial charge in [-0.1, -0.05) is 29.8 Å². The first kappa shape index (κ1) is 16.2. The number of hydrogen-bond donors (Lipinski definition) is 1. The predicted octanol–water partition coefficient (Wildman–Crippen LogP) is 3.99. The Hall–Kier alpha value is -3.25. The second-order valence-corrected chi connectivity index (χ2v) is 5.99. The molecule has 4 aromatic rings. The van der Waals surface area contributed by atoms with Gasteiger partial charge in [0.05, 0.1) is 23.8 Å². The van der Waals surface area contributed by atoms with E-state index in [1.165, 1.54) is 6.20 Å². The lowest BCUT2D eigenvalue weighted by Gasteiger charge is -2.05. The van der Waals surface area contributed by atoms with E-state index in [4.69, 9.17) is 16.7 Å². The molecule has 0 aliphatic heterocycles. The minimum absolute atomic E-state index is 0.351. The van der Waals surface area contributed by atoms with E-state index in [1.807, 2.05) is 53.3 Å². The van der Waals surface area contributed by atoms with Crippen molar-refractivity contribution in [3.8, 4) is 16.9 Å². The van der Waals surface area contributed by atoms with E-state index >= 15 is 0 Å². The number of para-hydroxylation sites is 1. The Bertz CT molecular complexity index is 1000. The van der Waals surface area contributed by atoms with Crippen LogP contribution in [0.5, 0.6) is 0 Å². The Morgan fingerprint density at radius 1 is 0.962 bits per heavy atom. The van der Waals surface area contributed by atoms with Crippen molar-refractivity contribution in [2.75, 3.05) is 5.32 Å². The van der Waals surface area contributed by atoms with Crippen molar-refractivity contribution < 1.29 is 0 Å². The van der Waals surface area contributed by atoms with Crippen molar-refractivity contribution in [2.24, 2.45) is 0 Å². The van der Waals surface area contributed by atoms with Gasteiger partial charge in [0.1, 0.15) is 11.0 Å². The summed E-state index contributed by atoms with van der Waals surface area (Å²) >= 11 is 5.90. The van der Waals surface area contributed by atoms with E-state index in [1.54, 1.807) is 18.6 Å². The lowest BCUT2D eigenvalue weighted by molar-refractivity contribution is 0.883. The molecule has 0 radical (unpaired) electrons. The minimum atomic E-state index is 0.351. The van der Waals surface area contributed by atoms with Crippen LogP contribution < -0.4 is 5.32 Å². The smallest absolute Gasteiger partial charge is 0.149 e. The van der Waals surface area contributed by atoms with Crippen LogP contribution in [0.15, 0.2) is 73.4 Å². The van der Waals surface area contributed by atoms with E-state index in [0.29, 0.717) is 17.5 Å². The van der Waals surface area contributed by atoms with Gasteiger partial charge in [-0.05, 0) is 24.3 Å². The molecule has 0 aliphatic rings. The number of nitrogens with one attached hydrogen (secondary N) is 1. The second-order valence-electron chi connectivity index (χ2n) is 5.60. The van der Waals surface area contributed by atoms with Gasteiger partial charge < -0.3 is 5.32 Å². The SMILES string of the molecule is Clc1cncc(NCc2cn(-c3ccccc3)nc2-c2ccncc2)n1. The highest BCUT2D eigenvalue weighted by molar-refractivity contribution is 6.29. The predicted molar refractivity (Wildman–Crippen MR) is 101 cm³/mol. The summed E-state index contributed by atoms with van der Waals surface area (Å²) in [5.74, 6) is 0.616. The summed E-state index contributed by atoms with van der Waals surface area (Å²) < 4.78 is 1.87. The highest BCUT2D eigenvalue weighted by Crippen LogP contribution is 2.24. The fourth-order valence-corrected chi connectivity index (χ4v) is 2.77. The molecule has 0 bridgehead atoms. The van der Waals surface area contributed by atoms with Crippen LogP contribution in [0.4, 0.5) is 5.82 Å². The number of nitrogens with zero attached hydrogens (tertiary/aromatic N) is 5. The molecule has 26 heavy (non-hydrogen) atoms. The van der Waals surface area contributed by atoms with Crippen LogP contribution in [-0.4, -0.2) is 24.7 Å². The summed E-state index contributed by atoms with van der Waals surface area (Å²) in [6, 6.07) is 13.9. The van der Waals surface area contributed by atoms with Crippen LogP contribution in [0.3, 0.4) is 0 Å². The van der Waals surface area contributed by atoms with Gasteiger partial charge in [-0.2, -0.15) is 5.10 Å². The average molecular weight is 363 g/mol. The molecule has 0 unspecified atom stereocenters. The monoisotopic (exact) mass is 362 g/mol. The van der Waals surface area contributed by atoms with Gasteiger partial charge in [0.15, 0.2) is 0 Å². The number of benzene rings is 1. The Balaban J connectivity index is 1.68. The first-order valence-electron chi connectivity index (χ1n) is 8.05. The third-order valence-electron chi connectivity index (χ3n) is 3.83. The van der Waals surface area contributed by atoms with Crippen LogP contribution in [0, 0.1) is 0 Å². The Morgan fingerprint density at radius 2 is 1.77 bits per heavy atom. The number of pyridine rings is 1. The third-order valence-corrected chi connectivity index (χ3v) is 4.01. The standard InChI is InChI=1S/C19H15ClN6/c20-17-11-22-12-18(24-17)23-10-15-13-26(16-4-2-1-3-5-16)25-19(15)14-6-8-21-9-7-14/h1-9,11-13H,10H2,(H,23,24). The summed E-state index contributed by atoms with van der Waals surface area (Å²) in [6.45, 7) is 0.541. The Labute approximate surface area is 155 Å². The molecular weight excluding hydrogens is 348 g/mol. The minimum Gasteiger partial charge on any atom is -0.365 e. The van der Waals surface area contributed by atoms with Gasteiger partial charge >= 0.3 is 0 Å². The van der Waals surface area contributed by atoms with Crippen molar-refractivity contribution in [3.05, 3.63) is 84.2 Å². The van der Waals surface area contributed by atoms with Crippen LogP contribution in [0.25, 0.3) is 16.9 Å². The van der Waals surface area contributed by atoms with Gasteiger partial charge in [0, 0.05) is 36.3 Å². The largest absolute Gasteiger partial charge is 0.365 e. The van der Waals surface area contributed by atoms with Crippen molar-refractivity contribution in [1.82, 2.24) is 24.7 Å². The topological polar surface area (TPSA) is 68.5 Å². The van der Waals surface area contributed by atoms with Gasteiger partial charge in [0.2, 0.25) is 0 Å². The molecule has 4 rings (SSSR count). The van der Waals surface area contributed by atoms with E-state index in [0.717, 1.165) is 22.5 Å². The number of anilines is 1. The summed E-state index contributed by atoms with van der Waals surface area (Å²) in [5.41, 5.74) is 3.92. The maximum Gasteiger partial charge on any atom is 0.149 e. The number of rotatable bonds is 5. The first-order valence-corrected chi connectivity index (χ1v) is 8.43. The van der Waals surface area contributed by atoms with E-state index in [2.05, 4.69) is 20.3 Å². The highest BCUT2D eigenvalue weighted by atomic mass is 35.5. The molecule has 1 N–H and O–H groups in total. The van der Waals surface area contributed by atoms with Gasteiger partial charge in [0.25, 0.3) is 0 Å². The van der Waals surface area contributed by atoms with Crippen molar-refractivity contribution in [1.29, 1.82) is 0 Å². The van der Waals surface area contributed by atoms with Crippen LogP contribution >= 0.6 is 11.6 Å². The number of aromatic nitrogens is 5. The van der Waals surface area contributed by atoms with Crippen LogP contribution in [0.2, 0.25) is 5.15 Å². The molecule has 0 spiro atoms. The van der Waals surface area contributed by atoms with Crippen LogP contribution in [-0.2, 0) is 6.54 Å². The van der Waals surface area contributed by atoms with E-state index in [9.17, 15) is 0 Å². The zero-order chi connectivity index (χ0) is 17.8. The Kier molecular flexibility index (Phi) is 4.57. The third kappa shape index (κ3) is 3.55. The quantitative estimate of drug-likeness (QED) is 0.581. The molecule has 3 heterocycles. The van der Waals surface area contributed by atoms with E-state index < -0.39 is 0 Å². The zero-order valence-corrected chi connectivity index (χ0v) is 14.5. The van der Waals surface area contributed by atoms with Gasteiger partial charge in [-0.3, -0.25) is 9.97 Å². The Morgan fingerprint density at radius 3 is 2.54 bits per heavy atom. The number of hydrogen-bond acceptors (Lipinski definition) is 5. The molecule has 3 aromatic heterocycles. The number of halogens is 1. The molecule has 0 amide bonds. The molecule has 1 aromatic carbocycles. The summed E-state index contributed by atoms with van der Waals surface area (Å²) in [7, 11) is 0. The zero-order valence-electron chi connectivity index (χ0n) is 13.7. The fraction of sp³-hybridized carbons (Fsp3) is 0.0526. The van der Waals surface area contributed by atoms with Gasteiger partial charge in [-0.25, -0.2) is 9.67 Å². The second kappa shape index (κ2) is 7.33. The van der Waals surface area contributed by atoms with Crippen molar-refractivity contribution >= 4 is 17.4 Å². The lowest BCUT2D eigenvalue weighted by Crippen LogP contribution is -2.02. The lowest BCUT2D eigenvalue weighted by atomic mass is 10.1. The summed E-state index contributed by atoms with van der Waals surface area (Å²) in [6.07, 6.45) is 8.67. The van der Waals surface area contributed by atoms with Crippen LogP contribution in [0.1, 0.15) is 5.56 Å². The first-order chi connectivity index (χ1) is 12.8. The fourth-order valence-electron chi connectivity index (χ4n) is 2.62. The molecule has 128 valence electrons. The molecule has 0 fully saturated rings. The van der Waals surface area contributed by atoms with Crippen molar-refractivity contribution in [2.45, 2.75) is 6.54 Å². The van der Waals surface area contributed by atoms with Gasteiger partial charge in [-0.15, -0.1) is 0 Å². The normalized spacial score (nSPS) is 10.7. The maximum atomic E-state index is 5.90. The molecule has 0 aliphatic carbocycles. The molecule has 7 heteroatoms. The summed E-state index contributed by atoms with van der Waals surface area (Å²) in [4.78, 5) is 12.3. The molecular formula is C19H15ClN6. The highest BCUT2D eigenvalue weighted by Gasteiger charge is 2.12.